The summed E-state index contributed by atoms with van der Waals surface area (Å²) in [7, 11) is -7.24. The van der Waals surface area contributed by atoms with E-state index in [4.69, 9.17) is 0 Å². The van der Waals surface area contributed by atoms with Gasteiger partial charge in [0.1, 0.15) is 0 Å². The van der Waals surface area contributed by atoms with Gasteiger partial charge in [-0.1, -0.05) is 0 Å². The molecular formula is C24H22F9IO7S. The number of halogens is 10. The Morgan fingerprint density at radius 3 is 1.21 bits per heavy atom. The van der Waals surface area contributed by atoms with E-state index in [0.717, 1.165) is 48.5 Å². The maximum absolute atomic E-state index is 14.5. The zero-order chi connectivity index (χ0) is 32.9. The van der Waals surface area contributed by atoms with E-state index in [-0.39, 0.29) is 18.3 Å². The van der Waals surface area contributed by atoms with E-state index in [0.29, 0.717) is 0 Å². The average Bonchev–Trinajstić information content (AvgIpc) is 2.86. The molecule has 42 heavy (non-hydrogen) atoms. The molecule has 0 atom stereocenters. The molecule has 0 amide bonds. The fraction of sp³-hybridized carbons (Fsp3) is 0.417. The fourth-order valence-corrected chi connectivity index (χ4v) is 9.97. The molecule has 2 aromatic rings. The van der Waals surface area contributed by atoms with Gasteiger partial charge in [0.25, 0.3) is 0 Å². The van der Waals surface area contributed by atoms with Gasteiger partial charge in [0, 0.05) is 0 Å². The molecule has 0 aliphatic carbocycles. The SMILES string of the molecule is CC(C)(C(=O)O)c1ccc(I(OS(=O)(=O)C(F)(F)C(F)(F)C(F)(F)C(F)(F)F)c2ccc(C(C)(C)C(=O)O)cc2)cc1. The standard InChI is InChI=1S/C24H22F9IO7S/c1-19(2,17(35)36)13-5-9-15(10-6-13)34(16-11-7-14(8-12-16)20(3,4)18(37)38)41-42(39,40)24(32,33)22(27,28)21(25,26)23(29,30)31/h5-12H,1-4H3,(H,35,36)(H,37,38). The quantitative estimate of drug-likeness (QED) is 0.195. The normalized spacial score (nSPS) is 14.5. The maximum atomic E-state index is 14.5. The molecular weight excluding hydrogens is 730 g/mol. The van der Waals surface area contributed by atoms with Crippen LogP contribution in [-0.2, 0) is 33.0 Å². The van der Waals surface area contributed by atoms with Crippen LogP contribution in [0.2, 0.25) is 0 Å². The number of hydrogen-bond donors (Lipinski definition) is 2. The number of carboxylic acid groups (broad SMARTS) is 2. The topological polar surface area (TPSA) is 118 Å². The third kappa shape index (κ3) is 6.06. The summed E-state index contributed by atoms with van der Waals surface area (Å²) in [4.78, 5) is 23.1. The zero-order valence-corrected chi connectivity index (χ0v) is 24.7. The van der Waals surface area contributed by atoms with Gasteiger partial charge >= 0.3 is 241 Å². The Balaban J connectivity index is 2.72. The van der Waals surface area contributed by atoms with E-state index < -0.39 is 76.4 Å². The molecule has 2 aromatic carbocycles. The van der Waals surface area contributed by atoms with Gasteiger partial charge < -0.3 is 0 Å². The second kappa shape index (κ2) is 11.1. The molecule has 18 heteroatoms. The number of benzene rings is 2. The van der Waals surface area contributed by atoms with Crippen molar-refractivity contribution < 1.29 is 70.2 Å². The summed E-state index contributed by atoms with van der Waals surface area (Å²) in [6.07, 6.45) is -7.27. The van der Waals surface area contributed by atoms with Gasteiger partial charge in [0.2, 0.25) is 0 Å². The first-order chi connectivity index (χ1) is 18.7. The molecule has 2 N–H and O–H groups in total. The number of hydrogen-bond acceptors (Lipinski definition) is 5. The third-order valence-corrected chi connectivity index (χ3v) is 13.5. The number of carboxylic acids is 2. The predicted molar refractivity (Wildman–Crippen MR) is 137 cm³/mol. The molecule has 0 bridgehead atoms. The van der Waals surface area contributed by atoms with Crippen LogP contribution < -0.4 is 0 Å². The first-order valence-electron chi connectivity index (χ1n) is 11.2. The molecule has 0 unspecified atom stereocenters. The van der Waals surface area contributed by atoms with Crippen LogP contribution in [0, 0.1) is 7.14 Å². The van der Waals surface area contributed by atoms with Crippen LogP contribution >= 0.6 is 20.2 Å². The molecule has 0 spiro atoms. The van der Waals surface area contributed by atoms with Crippen molar-refractivity contribution in [2.45, 2.75) is 61.8 Å². The van der Waals surface area contributed by atoms with E-state index in [1.54, 1.807) is 0 Å². The molecule has 0 aromatic heterocycles. The number of alkyl halides is 9. The summed E-state index contributed by atoms with van der Waals surface area (Å²) in [5.41, 5.74) is -2.88. The van der Waals surface area contributed by atoms with Crippen molar-refractivity contribution in [2.24, 2.45) is 0 Å². The predicted octanol–water partition coefficient (Wildman–Crippen LogP) is 6.64. The van der Waals surface area contributed by atoms with Crippen molar-refractivity contribution in [1.82, 2.24) is 0 Å². The van der Waals surface area contributed by atoms with Gasteiger partial charge in [0.05, 0.1) is 0 Å². The molecule has 2 rings (SSSR count). The van der Waals surface area contributed by atoms with Crippen LogP contribution in [0.4, 0.5) is 39.5 Å². The summed E-state index contributed by atoms with van der Waals surface area (Å²) in [5.74, 6) is -17.6. The van der Waals surface area contributed by atoms with Gasteiger partial charge in [0.15, 0.2) is 0 Å². The number of rotatable bonds is 11. The van der Waals surface area contributed by atoms with Crippen LogP contribution in [0.1, 0.15) is 38.8 Å². The Morgan fingerprint density at radius 1 is 0.643 bits per heavy atom. The monoisotopic (exact) mass is 752 g/mol. The molecule has 236 valence electrons. The fourth-order valence-electron chi connectivity index (χ4n) is 3.05. The van der Waals surface area contributed by atoms with Gasteiger partial charge in [-0.15, -0.1) is 0 Å². The number of aliphatic carboxylic acids is 2. The first kappa shape index (κ1) is 35.6. The minimum atomic E-state index is -7.51. The van der Waals surface area contributed by atoms with Gasteiger partial charge in [-0.2, -0.15) is 0 Å². The van der Waals surface area contributed by atoms with Gasteiger partial charge in [-0.3, -0.25) is 0 Å². The van der Waals surface area contributed by atoms with Crippen LogP contribution in [0.3, 0.4) is 0 Å². The Labute approximate surface area is 240 Å². The molecule has 0 saturated carbocycles. The van der Waals surface area contributed by atoms with Crippen molar-refractivity contribution >= 4 is 42.3 Å². The zero-order valence-electron chi connectivity index (χ0n) is 21.7. The van der Waals surface area contributed by atoms with E-state index in [9.17, 15) is 67.7 Å². The third-order valence-electron chi connectivity index (χ3n) is 6.17. The Morgan fingerprint density at radius 2 is 0.952 bits per heavy atom. The van der Waals surface area contributed by atoms with Crippen LogP contribution in [-0.4, -0.2) is 53.8 Å². The molecule has 0 radical (unpaired) electrons. The summed E-state index contributed by atoms with van der Waals surface area (Å²) >= 11 is -4.50. The molecule has 0 aliphatic rings. The van der Waals surface area contributed by atoms with Gasteiger partial charge in [-0.05, 0) is 0 Å². The van der Waals surface area contributed by atoms with Crippen molar-refractivity contribution in [3.05, 3.63) is 66.8 Å². The Bertz CT molecular complexity index is 1370. The molecule has 0 saturated heterocycles. The average molecular weight is 752 g/mol. The molecule has 7 nitrogen and oxygen atoms in total. The summed E-state index contributed by atoms with van der Waals surface area (Å²) in [6, 6.07) is 8.41. The van der Waals surface area contributed by atoms with Crippen LogP contribution in [0.5, 0.6) is 0 Å². The molecule has 0 aliphatic heterocycles. The van der Waals surface area contributed by atoms with E-state index >= 15 is 0 Å². The van der Waals surface area contributed by atoms with E-state index in [1.165, 1.54) is 27.7 Å². The summed E-state index contributed by atoms with van der Waals surface area (Å²) in [6.45, 7) is 5.09. The first-order valence-corrected chi connectivity index (χ1v) is 15.6. The minimum absolute atomic E-state index is 0.0951. The molecule has 0 heterocycles. The van der Waals surface area contributed by atoms with Crippen molar-refractivity contribution in [1.29, 1.82) is 0 Å². The second-order valence-corrected chi connectivity index (χ2v) is 16.3. The second-order valence-electron chi connectivity index (χ2n) is 9.80. The van der Waals surface area contributed by atoms with Gasteiger partial charge in [-0.25, -0.2) is 0 Å². The van der Waals surface area contributed by atoms with E-state index in [1.807, 2.05) is 0 Å². The van der Waals surface area contributed by atoms with Crippen molar-refractivity contribution in [3.8, 4) is 0 Å². The Kier molecular flexibility index (Phi) is 9.44. The summed E-state index contributed by atoms with van der Waals surface area (Å²) in [5, 5.41) is 11.7. The van der Waals surface area contributed by atoms with Crippen molar-refractivity contribution in [2.75, 3.05) is 0 Å². The van der Waals surface area contributed by atoms with Crippen LogP contribution in [0.15, 0.2) is 48.5 Å². The molecule has 0 fully saturated rings. The number of carbonyl (C=O) groups is 2. The van der Waals surface area contributed by atoms with E-state index in [2.05, 4.69) is 2.51 Å². The van der Waals surface area contributed by atoms with Crippen LogP contribution in [0.25, 0.3) is 0 Å². The Hall–Kier alpha value is -2.61. The van der Waals surface area contributed by atoms with Crippen molar-refractivity contribution in [3.63, 3.8) is 0 Å². The summed E-state index contributed by atoms with van der Waals surface area (Å²) < 4.78 is 150.